The first-order valence-electron chi connectivity index (χ1n) is 9.55. The summed E-state index contributed by atoms with van der Waals surface area (Å²) in [5.41, 5.74) is 0.871. The zero-order valence-corrected chi connectivity index (χ0v) is 17.8. The van der Waals surface area contributed by atoms with E-state index in [1.165, 1.54) is 12.1 Å². The molecule has 0 aliphatic carbocycles. The lowest BCUT2D eigenvalue weighted by molar-refractivity contribution is 0.102. The third-order valence-corrected chi connectivity index (χ3v) is 5.79. The van der Waals surface area contributed by atoms with Crippen molar-refractivity contribution in [3.8, 4) is 5.75 Å². The predicted molar refractivity (Wildman–Crippen MR) is 119 cm³/mol. The van der Waals surface area contributed by atoms with Gasteiger partial charge in [0.1, 0.15) is 16.9 Å². The number of ether oxygens (including phenoxy) is 1. The Bertz CT molecular complexity index is 1430. The maximum atomic E-state index is 13.0. The van der Waals surface area contributed by atoms with Crippen molar-refractivity contribution in [2.45, 2.75) is 4.90 Å². The molecule has 0 unspecified atom stereocenters. The van der Waals surface area contributed by atoms with Gasteiger partial charge in [-0.3, -0.25) is 4.79 Å². The van der Waals surface area contributed by atoms with Crippen molar-refractivity contribution in [1.82, 2.24) is 4.83 Å². The molecule has 0 saturated heterocycles. The minimum absolute atomic E-state index is 0.0359. The number of hydrogen-bond acceptors (Lipinski definition) is 6. The van der Waals surface area contributed by atoms with Crippen molar-refractivity contribution in [3.05, 3.63) is 96.0 Å². The molecule has 1 aromatic heterocycles. The van der Waals surface area contributed by atoms with Crippen molar-refractivity contribution in [1.29, 1.82) is 0 Å². The Kier molecular flexibility index (Phi) is 5.91. The molecule has 0 aliphatic heterocycles. The average Bonchev–Trinajstić information content (AvgIpc) is 2.83. The lowest BCUT2D eigenvalue weighted by Crippen LogP contribution is -2.27. The number of nitrogens with one attached hydrogen (secondary N) is 2. The van der Waals surface area contributed by atoms with Gasteiger partial charge in [-0.2, -0.15) is 13.2 Å². The van der Waals surface area contributed by atoms with Gasteiger partial charge in [-0.15, -0.1) is 5.10 Å². The summed E-state index contributed by atoms with van der Waals surface area (Å²) in [6.07, 6.45) is 0. The molecule has 8 nitrogen and oxygen atoms in total. The summed E-state index contributed by atoms with van der Waals surface area (Å²) in [6, 6.07) is 23.2. The highest BCUT2D eigenvalue weighted by Gasteiger charge is 2.16. The van der Waals surface area contributed by atoms with Gasteiger partial charge in [-0.05, 0) is 48.5 Å². The molecule has 0 fully saturated rings. The predicted octanol–water partition coefficient (Wildman–Crippen LogP) is 3.49. The van der Waals surface area contributed by atoms with E-state index in [2.05, 4.69) is 15.2 Å². The Hall–Kier alpha value is -4.11. The van der Waals surface area contributed by atoms with Crippen molar-refractivity contribution < 1.29 is 22.4 Å². The third-order valence-electron chi connectivity index (χ3n) is 4.57. The topological polar surface area (TPSA) is 110 Å². The highest BCUT2D eigenvalue weighted by molar-refractivity contribution is 7.89. The van der Waals surface area contributed by atoms with Crippen molar-refractivity contribution in [2.75, 3.05) is 12.4 Å². The molecule has 0 spiro atoms. The van der Waals surface area contributed by atoms with Gasteiger partial charge >= 0.3 is 0 Å². The number of anilines is 1. The first-order chi connectivity index (χ1) is 15.5. The molecule has 0 radical (unpaired) electrons. The van der Waals surface area contributed by atoms with E-state index in [9.17, 15) is 13.2 Å². The van der Waals surface area contributed by atoms with Gasteiger partial charge in [0.25, 0.3) is 15.9 Å². The summed E-state index contributed by atoms with van der Waals surface area (Å²) in [7, 11) is -2.39. The lowest BCUT2D eigenvalue weighted by atomic mass is 10.1. The Morgan fingerprint density at radius 1 is 0.938 bits per heavy atom. The van der Waals surface area contributed by atoms with Crippen LogP contribution in [0, 0.1) is 0 Å². The molecule has 0 atom stereocenters. The number of hydrogen-bond donors (Lipinski definition) is 2. The number of carbonyl (C=O) groups is 1. The molecular formula is C23H19N3O5S. The number of para-hydroxylation sites is 1. The fourth-order valence-electron chi connectivity index (χ4n) is 2.94. The second kappa shape index (κ2) is 8.94. The standard InChI is InChI=1S/C23H19N3O5S/c1-30-18-13-11-17(12-14-18)24-22(27)20-15-16-7-5-6-10-21(16)31-23(20)25-26-32(28,29)19-8-3-2-4-9-19/h2-15,26H,1H3,(H,24,27). The molecule has 0 aliphatic rings. The van der Waals surface area contributed by atoms with Crippen LogP contribution in [0.2, 0.25) is 0 Å². The molecule has 0 saturated carbocycles. The average molecular weight is 449 g/mol. The normalized spacial score (nSPS) is 11.8. The number of rotatable bonds is 6. The van der Waals surface area contributed by atoms with Crippen LogP contribution < -0.4 is 20.4 Å². The van der Waals surface area contributed by atoms with Crippen LogP contribution in [-0.2, 0) is 10.0 Å². The van der Waals surface area contributed by atoms with Gasteiger partial charge in [0.05, 0.1) is 12.0 Å². The van der Waals surface area contributed by atoms with Crippen LogP contribution in [-0.4, -0.2) is 21.4 Å². The molecule has 1 heterocycles. The minimum atomic E-state index is -3.94. The summed E-state index contributed by atoms with van der Waals surface area (Å²) in [5.74, 6) is 0.136. The smallest absolute Gasteiger partial charge is 0.276 e. The SMILES string of the molecule is COc1ccc(NC(=O)c2cc3ccccc3oc2=NNS(=O)(=O)c2ccccc2)cc1. The van der Waals surface area contributed by atoms with Gasteiger partial charge in [0.2, 0.25) is 5.55 Å². The van der Waals surface area contributed by atoms with Crippen molar-refractivity contribution in [2.24, 2.45) is 5.10 Å². The molecule has 2 N–H and O–H groups in total. The van der Waals surface area contributed by atoms with Gasteiger partial charge < -0.3 is 14.5 Å². The van der Waals surface area contributed by atoms with E-state index in [1.807, 2.05) is 0 Å². The van der Waals surface area contributed by atoms with Crippen molar-refractivity contribution >= 4 is 32.6 Å². The van der Waals surface area contributed by atoms with Crippen LogP contribution in [0.25, 0.3) is 11.0 Å². The molecule has 9 heteroatoms. The van der Waals surface area contributed by atoms with Crippen LogP contribution in [0.5, 0.6) is 5.75 Å². The van der Waals surface area contributed by atoms with E-state index in [4.69, 9.17) is 9.15 Å². The van der Waals surface area contributed by atoms with Gasteiger partial charge in [-0.25, -0.2) is 0 Å². The van der Waals surface area contributed by atoms with Gasteiger partial charge in [0.15, 0.2) is 0 Å². The molecular weight excluding hydrogens is 430 g/mol. The maximum Gasteiger partial charge on any atom is 0.276 e. The molecule has 1 amide bonds. The molecule has 32 heavy (non-hydrogen) atoms. The molecule has 4 aromatic rings. The fraction of sp³-hybridized carbons (Fsp3) is 0.0435. The first-order valence-corrected chi connectivity index (χ1v) is 11.0. The second-order valence-electron chi connectivity index (χ2n) is 6.71. The first kappa shape index (κ1) is 21.1. The number of amides is 1. The second-order valence-corrected chi connectivity index (χ2v) is 8.37. The van der Waals surface area contributed by atoms with Crippen molar-refractivity contribution in [3.63, 3.8) is 0 Å². The van der Waals surface area contributed by atoms with Crippen LogP contribution in [0.15, 0.2) is 99.3 Å². The summed E-state index contributed by atoms with van der Waals surface area (Å²) < 4.78 is 35.9. The van der Waals surface area contributed by atoms with Crippen LogP contribution >= 0.6 is 0 Å². The highest BCUT2D eigenvalue weighted by atomic mass is 32.2. The monoisotopic (exact) mass is 449 g/mol. The number of sulfonamides is 1. The van der Waals surface area contributed by atoms with E-state index >= 15 is 0 Å². The van der Waals surface area contributed by atoms with Crippen LogP contribution in [0.3, 0.4) is 0 Å². The fourth-order valence-corrected chi connectivity index (χ4v) is 3.77. The summed E-state index contributed by atoms with van der Waals surface area (Å²) >= 11 is 0. The van der Waals surface area contributed by atoms with E-state index in [0.717, 1.165) is 0 Å². The van der Waals surface area contributed by atoms with E-state index in [-0.39, 0.29) is 16.0 Å². The number of carbonyl (C=O) groups excluding carboxylic acids is 1. The summed E-state index contributed by atoms with van der Waals surface area (Å²) in [4.78, 5) is 15.2. The van der Waals surface area contributed by atoms with Gasteiger partial charge in [0, 0.05) is 11.1 Å². The summed E-state index contributed by atoms with van der Waals surface area (Å²) in [6.45, 7) is 0. The number of benzene rings is 3. The Balaban J connectivity index is 1.73. The van der Waals surface area contributed by atoms with Gasteiger partial charge in [-0.1, -0.05) is 36.4 Å². The molecule has 4 rings (SSSR count). The van der Waals surface area contributed by atoms with E-state index in [0.29, 0.717) is 22.4 Å². The highest BCUT2D eigenvalue weighted by Crippen LogP contribution is 2.17. The quantitative estimate of drug-likeness (QED) is 0.438. The summed E-state index contributed by atoms with van der Waals surface area (Å²) in [5, 5.41) is 7.32. The number of methoxy groups -OCH3 is 1. The molecule has 0 bridgehead atoms. The number of nitrogens with zero attached hydrogens (tertiary/aromatic N) is 1. The zero-order valence-electron chi connectivity index (χ0n) is 17.0. The minimum Gasteiger partial charge on any atom is -0.497 e. The lowest BCUT2D eigenvalue weighted by Gasteiger charge is -2.08. The Morgan fingerprint density at radius 3 is 2.34 bits per heavy atom. The van der Waals surface area contributed by atoms with Crippen LogP contribution in [0.1, 0.15) is 10.4 Å². The molecule has 162 valence electrons. The maximum absolute atomic E-state index is 13.0. The Labute approximate surface area is 184 Å². The number of fused-ring (bicyclic) bond motifs is 1. The molecule has 3 aromatic carbocycles. The Morgan fingerprint density at radius 2 is 1.62 bits per heavy atom. The largest absolute Gasteiger partial charge is 0.497 e. The van der Waals surface area contributed by atoms with E-state index in [1.54, 1.807) is 79.9 Å². The third kappa shape index (κ3) is 4.62. The van der Waals surface area contributed by atoms with Crippen LogP contribution in [0.4, 0.5) is 5.69 Å². The zero-order chi connectivity index (χ0) is 22.6. The van der Waals surface area contributed by atoms with E-state index < -0.39 is 15.9 Å².